The summed E-state index contributed by atoms with van der Waals surface area (Å²) in [5.74, 6) is 3.50. The monoisotopic (exact) mass is 310 g/mol. The molecule has 1 saturated heterocycles. The molecular weight excluding hydrogens is 284 g/mol. The molecule has 2 aromatic rings. The van der Waals surface area contributed by atoms with Crippen LogP contribution in [-0.2, 0) is 6.54 Å². The van der Waals surface area contributed by atoms with Crippen LogP contribution in [0, 0.1) is 11.8 Å². The third-order valence-corrected chi connectivity index (χ3v) is 5.80. The largest absolute Gasteiger partial charge is 0.439 e. The van der Waals surface area contributed by atoms with E-state index in [1.807, 2.05) is 24.4 Å². The highest BCUT2D eigenvalue weighted by Gasteiger charge is 2.37. The first kappa shape index (κ1) is 14.9. The number of likely N-dealkylation sites (tertiary alicyclic amines) is 1. The Bertz CT molecular complexity index is 636. The first-order chi connectivity index (χ1) is 11.3. The first-order valence-electron chi connectivity index (χ1n) is 9.05. The molecule has 23 heavy (non-hydrogen) atoms. The number of oxazole rings is 1. The molecule has 4 rings (SSSR count). The predicted molar refractivity (Wildman–Crippen MR) is 91.9 cm³/mol. The van der Waals surface area contributed by atoms with Crippen molar-refractivity contribution in [1.82, 2.24) is 9.88 Å². The van der Waals surface area contributed by atoms with Crippen LogP contribution in [0.25, 0.3) is 11.3 Å². The van der Waals surface area contributed by atoms with Crippen LogP contribution in [0.15, 0.2) is 40.9 Å². The minimum atomic E-state index is 0.736. The highest BCUT2D eigenvalue weighted by Crippen LogP contribution is 2.39. The first-order valence-corrected chi connectivity index (χ1v) is 9.05. The molecule has 1 aromatic heterocycles. The normalized spacial score (nSPS) is 28.5. The Morgan fingerprint density at radius 1 is 1.13 bits per heavy atom. The van der Waals surface area contributed by atoms with Gasteiger partial charge in [-0.25, -0.2) is 4.98 Å². The third-order valence-electron chi connectivity index (χ3n) is 5.80. The maximum absolute atomic E-state index is 6.03. The number of aromatic nitrogens is 1. The van der Waals surface area contributed by atoms with Gasteiger partial charge in [-0.15, -0.1) is 0 Å². The van der Waals surface area contributed by atoms with Crippen molar-refractivity contribution in [3.8, 4) is 11.3 Å². The standard InChI is InChI=1S/C20H26N2O/c1-15-11-12-22(18-10-6-5-9-17(15)18)14-20-21-13-19(23-20)16-7-3-2-4-8-16/h2-4,7-8,13,15,17-18H,5-6,9-12,14H2,1H3/t15-,17+,18+/m1/s1. The van der Waals surface area contributed by atoms with Crippen molar-refractivity contribution >= 4 is 0 Å². The van der Waals surface area contributed by atoms with Gasteiger partial charge in [0.1, 0.15) is 0 Å². The van der Waals surface area contributed by atoms with E-state index in [0.717, 1.165) is 41.6 Å². The highest BCUT2D eigenvalue weighted by molar-refractivity contribution is 5.55. The number of hydrogen-bond acceptors (Lipinski definition) is 3. The van der Waals surface area contributed by atoms with E-state index in [9.17, 15) is 0 Å². The lowest BCUT2D eigenvalue weighted by atomic mass is 9.72. The van der Waals surface area contributed by atoms with Gasteiger partial charge < -0.3 is 4.42 Å². The number of benzene rings is 1. The van der Waals surface area contributed by atoms with Crippen LogP contribution in [0.4, 0.5) is 0 Å². The Kier molecular flexibility index (Phi) is 4.21. The minimum Gasteiger partial charge on any atom is -0.439 e. The zero-order valence-electron chi connectivity index (χ0n) is 13.9. The molecule has 3 nitrogen and oxygen atoms in total. The molecule has 2 aliphatic rings. The van der Waals surface area contributed by atoms with E-state index < -0.39 is 0 Å². The minimum absolute atomic E-state index is 0.736. The van der Waals surface area contributed by atoms with E-state index in [1.165, 1.54) is 38.6 Å². The van der Waals surface area contributed by atoms with Gasteiger partial charge >= 0.3 is 0 Å². The van der Waals surface area contributed by atoms with Gasteiger partial charge in [0, 0.05) is 11.6 Å². The lowest BCUT2D eigenvalue weighted by Gasteiger charge is -2.47. The van der Waals surface area contributed by atoms with Crippen molar-refractivity contribution in [1.29, 1.82) is 0 Å². The van der Waals surface area contributed by atoms with Crippen LogP contribution in [-0.4, -0.2) is 22.5 Å². The molecule has 122 valence electrons. The molecule has 2 heterocycles. The van der Waals surface area contributed by atoms with Crippen molar-refractivity contribution in [2.24, 2.45) is 11.8 Å². The predicted octanol–water partition coefficient (Wildman–Crippen LogP) is 4.74. The van der Waals surface area contributed by atoms with Crippen LogP contribution >= 0.6 is 0 Å². The fraction of sp³-hybridized carbons (Fsp3) is 0.550. The number of nitrogens with zero attached hydrogens (tertiary/aromatic N) is 2. The summed E-state index contributed by atoms with van der Waals surface area (Å²) in [5, 5.41) is 0. The Morgan fingerprint density at radius 3 is 2.83 bits per heavy atom. The molecule has 0 amide bonds. The molecule has 1 aliphatic heterocycles. The van der Waals surface area contributed by atoms with Gasteiger partial charge in [-0.1, -0.05) is 50.1 Å². The molecule has 1 aromatic carbocycles. The van der Waals surface area contributed by atoms with Crippen LogP contribution in [0.5, 0.6) is 0 Å². The van der Waals surface area contributed by atoms with E-state index in [1.54, 1.807) is 0 Å². The molecule has 0 unspecified atom stereocenters. The fourth-order valence-electron chi connectivity index (χ4n) is 4.50. The lowest BCUT2D eigenvalue weighted by Crippen LogP contribution is -2.49. The molecule has 0 spiro atoms. The molecular formula is C20H26N2O. The Morgan fingerprint density at radius 2 is 1.96 bits per heavy atom. The van der Waals surface area contributed by atoms with Crippen LogP contribution < -0.4 is 0 Å². The Hall–Kier alpha value is -1.61. The van der Waals surface area contributed by atoms with E-state index in [-0.39, 0.29) is 0 Å². The van der Waals surface area contributed by atoms with Crippen molar-refractivity contribution in [2.75, 3.05) is 6.54 Å². The zero-order chi connectivity index (χ0) is 15.6. The average Bonchev–Trinajstić information content (AvgIpc) is 3.07. The smallest absolute Gasteiger partial charge is 0.209 e. The second kappa shape index (κ2) is 6.48. The van der Waals surface area contributed by atoms with Crippen molar-refractivity contribution < 1.29 is 4.42 Å². The molecule has 1 aliphatic carbocycles. The van der Waals surface area contributed by atoms with Crippen LogP contribution in [0.1, 0.15) is 44.9 Å². The average molecular weight is 310 g/mol. The van der Waals surface area contributed by atoms with Crippen LogP contribution in [0.2, 0.25) is 0 Å². The summed E-state index contributed by atoms with van der Waals surface area (Å²) in [6, 6.07) is 11.0. The van der Waals surface area contributed by atoms with Crippen molar-refractivity contribution in [2.45, 2.75) is 51.6 Å². The van der Waals surface area contributed by atoms with Gasteiger partial charge in [-0.2, -0.15) is 0 Å². The molecule has 0 bridgehead atoms. The number of piperidine rings is 1. The molecule has 3 atom stereocenters. The lowest BCUT2D eigenvalue weighted by molar-refractivity contribution is 0.0155. The van der Waals surface area contributed by atoms with E-state index in [4.69, 9.17) is 4.42 Å². The van der Waals surface area contributed by atoms with E-state index in [0.29, 0.717) is 0 Å². The number of rotatable bonds is 3. The van der Waals surface area contributed by atoms with Gasteiger partial charge in [-0.3, -0.25) is 4.90 Å². The second-order valence-corrected chi connectivity index (χ2v) is 7.24. The van der Waals surface area contributed by atoms with Gasteiger partial charge in [0.25, 0.3) is 0 Å². The highest BCUT2D eigenvalue weighted by atomic mass is 16.4. The summed E-state index contributed by atoms with van der Waals surface area (Å²) < 4.78 is 6.03. The third kappa shape index (κ3) is 3.07. The van der Waals surface area contributed by atoms with Gasteiger partial charge in [0.05, 0.1) is 12.7 Å². The molecule has 0 radical (unpaired) electrons. The van der Waals surface area contributed by atoms with Crippen molar-refractivity contribution in [3.05, 3.63) is 42.4 Å². The summed E-state index contributed by atoms with van der Waals surface area (Å²) in [4.78, 5) is 7.16. The van der Waals surface area contributed by atoms with Gasteiger partial charge in [0.2, 0.25) is 5.89 Å². The second-order valence-electron chi connectivity index (χ2n) is 7.24. The quantitative estimate of drug-likeness (QED) is 0.820. The molecule has 0 N–H and O–H groups in total. The SMILES string of the molecule is C[C@@H]1CCN(Cc2ncc(-c3ccccc3)o2)[C@H]2CCCC[C@@H]12. The maximum atomic E-state index is 6.03. The fourth-order valence-corrected chi connectivity index (χ4v) is 4.50. The van der Waals surface area contributed by atoms with Gasteiger partial charge in [-0.05, 0) is 37.6 Å². The zero-order valence-corrected chi connectivity index (χ0v) is 13.9. The molecule has 3 heteroatoms. The van der Waals surface area contributed by atoms with Crippen LogP contribution in [0.3, 0.4) is 0 Å². The summed E-state index contributed by atoms with van der Waals surface area (Å²) in [6.07, 6.45) is 8.73. The summed E-state index contributed by atoms with van der Waals surface area (Å²) >= 11 is 0. The summed E-state index contributed by atoms with van der Waals surface area (Å²) in [5.41, 5.74) is 1.11. The molecule has 2 fully saturated rings. The van der Waals surface area contributed by atoms with Gasteiger partial charge in [0.15, 0.2) is 5.76 Å². The Balaban J connectivity index is 1.48. The van der Waals surface area contributed by atoms with E-state index in [2.05, 4.69) is 28.9 Å². The summed E-state index contributed by atoms with van der Waals surface area (Å²) in [7, 11) is 0. The molecule has 1 saturated carbocycles. The Labute approximate surface area is 138 Å². The summed E-state index contributed by atoms with van der Waals surface area (Å²) in [6.45, 7) is 4.49. The maximum Gasteiger partial charge on any atom is 0.209 e. The topological polar surface area (TPSA) is 29.3 Å². The van der Waals surface area contributed by atoms with Crippen molar-refractivity contribution in [3.63, 3.8) is 0 Å². The van der Waals surface area contributed by atoms with E-state index >= 15 is 0 Å². The number of fused-ring (bicyclic) bond motifs is 1. The number of hydrogen-bond donors (Lipinski definition) is 0.